The summed E-state index contributed by atoms with van der Waals surface area (Å²) in [4.78, 5) is 47.5. The smallest absolute Gasteiger partial charge is 0.335 e. The standard InChI is InChI=1S/C40H28F2O8/c1-4-35(43)48-30-16-13-26-22-28(10-9-27(26)23-30)32-18-17-31(39(41)40(32)42)25-11-14-29(15-12-25)47-38(46)20-8-24-7-19-33(49-36(44)5-2)34(21-24)50-37(45)6-3/h4-7,9-19,21-23H,1-3,8,20H2. The van der Waals surface area contributed by atoms with Gasteiger partial charge in [0.25, 0.3) is 0 Å². The van der Waals surface area contributed by atoms with Gasteiger partial charge in [0.15, 0.2) is 23.1 Å². The lowest BCUT2D eigenvalue weighted by atomic mass is 9.97. The molecule has 0 aliphatic heterocycles. The number of aryl methyl sites for hydroxylation is 1. The molecule has 0 aliphatic carbocycles. The van der Waals surface area contributed by atoms with Crippen LogP contribution in [0.15, 0.2) is 129 Å². The van der Waals surface area contributed by atoms with Crippen molar-refractivity contribution in [1.29, 1.82) is 0 Å². The number of carbonyl (C=O) groups is 4. The van der Waals surface area contributed by atoms with Crippen LogP contribution in [0, 0.1) is 11.6 Å². The quantitative estimate of drug-likeness (QED) is 0.0740. The number of hydrogen-bond acceptors (Lipinski definition) is 8. The third-order valence-corrected chi connectivity index (χ3v) is 7.37. The van der Waals surface area contributed by atoms with Crippen LogP contribution in [0.25, 0.3) is 33.0 Å². The van der Waals surface area contributed by atoms with Crippen molar-refractivity contribution in [3.63, 3.8) is 0 Å². The molecule has 0 bridgehead atoms. The Kier molecular flexibility index (Phi) is 10.7. The maximum absolute atomic E-state index is 15.4. The van der Waals surface area contributed by atoms with Crippen LogP contribution in [0.4, 0.5) is 8.78 Å². The molecule has 0 aromatic heterocycles. The summed E-state index contributed by atoms with van der Waals surface area (Å²) in [6.45, 7) is 10.0. The molecule has 10 heteroatoms. The highest BCUT2D eigenvalue weighted by Crippen LogP contribution is 2.34. The molecule has 5 rings (SSSR count). The van der Waals surface area contributed by atoms with E-state index in [0.29, 0.717) is 22.4 Å². The fourth-order valence-electron chi connectivity index (χ4n) is 4.91. The topological polar surface area (TPSA) is 105 Å². The minimum atomic E-state index is -1.04. The van der Waals surface area contributed by atoms with Crippen molar-refractivity contribution in [3.05, 3.63) is 146 Å². The fraction of sp³-hybridized carbons (Fsp3) is 0.0500. The molecule has 0 radical (unpaired) electrons. The van der Waals surface area contributed by atoms with Gasteiger partial charge in [-0.1, -0.05) is 68.3 Å². The number of fused-ring (bicyclic) bond motifs is 1. The van der Waals surface area contributed by atoms with Gasteiger partial charge >= 0.3 is 23.9 Å². The van der Waals surface area contributed by atoms with Gasteiger partial charge in [-0.05, 0) is 76.3 Å². The van der Waals surface area contributed by atoms with E-state index in [-0.39, 0.29) is 41.2 Å². The molecule has 8 nitrogen and oxygen atoms in total. The van der Waals surface area contributed by atoms with Crippen LogP contribution in [-0.4, -0.2) is 23.9 Å². The lowest BCUT2D eigenvalue weighted by Crippen LogP contribution is -2.10. The van der Waals surface area contributed by atoms with E-state index < -0.39 is 35.5 Å². The maximum atomic E-state index is 15.4. The summed E-state index contributed by atoms with van der Waals surface area (Å²) < 4.78 is 51.6. The Bertz CT molecular complexity index is 2170. The largest absolute Gasteiger partial charge is 0.427 e. The molecular weight excluding hydrogens is 646 g/mol. The summed E-state index contributed by atoms with van der Waals surface area (Å²) in [5.74, 6) is -4.27. The number of ether oxygens (including phenoxy) is 4. The van der Waals surface area contributed by atoms with Crippen LogP contribution < -0.4 is 18.9 Å². The van der Waals surface area contributed by atoms with Crippen molar-refractivity contribution in [2.75, 3.05) is 0 Å². The van der Waals surface area contributed by atoms with Crippen LogP contribution in [0.5, 0.6) is 23.0 Å². The molecule has 0 saturated heterocycles. The van der Waals surface area contributed by atoms with E-state index in [1.165, 1.54) is 48.5 Å². The lowest BCUT2D eigenvalue weighted by molar-refractivity contribution is -0.134. The zero-order valence-corrected chi connectivity index (χ0v) is 26.4. The predicted octanol–water partition coefficient (Wildman–Crippen LogP) is 8.26. The van der Waals surface area contributed by atoms with Gasteiger partial charge in [0.1, 0.15) is 11.5 Å². The van der Waals surface area contributed by atoms with Crippen molar-refractivity contribution in [3.8, 4) is 45.3 Å². The molecule has 0 heterocycles. The summed E-state index contributed by atoms with van der Waals surface area (Å²) >= 11 is 0. The monoisotopic (exact) mass is 674 g/mol. The summed E-state index contributed by atoms with van der Waals surface area (Å²) in [7, 11) is 0. The first kappa shape index (κ1) is 34.6. The Morgan fingerprint density at radius 3 is 1.74 bits per heavy atom. The SMILES string of the molecule is C=CC(=O)Oc1ccc2cc(-c3ccc(-c4ccc(OC(=O)CCc5ccc(OC(=O)C=C)c(OC(=O)C=C)c5)cc4)c(F)c3F)ccc2c1. The van der Waals surface area contributed by atoms with E-state index in [0.717, 1.165) is 29.0 Å². The summed E-state index contributed by atoms with van der Waals surface area (Å²) in [5.41, 5.74) is 1.51. The predicted molar refractivity (Wildman–Crippen MR) is 183 cm³/mol. The summed E-state index contributed by atoms with van der Waals surface area (Å²) in [6, 6.07) is 23.4. The normalized spacial score (nSPS) is 10.5. The Morgan fingerprint density at radius 2 is 1.08 bits per heavy atom. The van der Waals surface area contributed by atoms with Gasteiger partial charge in [-0.2, -0.15) is 0 Å². The van der Waals surface area contributed by atoms with Gasteiger partial charge in [-0.25, -0.2) is 23.2 Å². The van der Waals surface area contributed by atoms with E-state index in [1.807, 2.05) is 0 Å². The van der Waals surface area contributed by atoms with E-state index in [2.05, 4.69) is 19.7 Å². The second-order valence-corrected chi connectivity index (χ2v) is 10.7. The van der Waals surface area contributed by atoms with E-state index in [9.17, 15) is 19.2 Å². The van der Waals surface area contributed by atoms with Gasteiger partial charge in [-0.3, -0.25) is 4.79 Å². The van der Waals surface area contributed by atoms with Crippen molar-refractivity contribution >= 4 is 34.6 Å². The van der Waals surface area contributed by atoms with Crippen LogP contribution in [-0.2, 0) is 25.6 Å². The first-order chi connectivity index (χ1) is 24.1. The molecule has 250 valence electrons. The van der Waals surface area contributed by atoms with Crippen LogP contribution in [0.1, 0.15) is 12.0 Å². The number of benzene rings is 5. The molecule has 5 aromatic carbocycles. The molecule has 0 unspecified atom stereocenters. The fourth-order valence-corrected chi connectivity index (χ4v) is 4.91. The van der Waals surface area contributed by atoms with E-state index in [4.69, 9.17) is 18.9 Å². The highest BCUT2D eigenvalue weighted by atomic mass is 19.2. The molecule has 0 spiro atoms. The number of halogens is 2. The molecule has 0 saturated carbocycles. The molecule has 0 amide bonds. The number of rotatable bonds is 12. The molecule has 0 fully saturated rings. The Morgan fingerprint density at radius 1 is 0.540 bits per heavy atom. The maximum Gasteiger partial charge on any atom is 0.335 e. The van der Waals surface area contributed by atoms with Crippen molar-refractivity contribution < 1.29 is 46.9 Å². The average Bonchev–Trinajstić information content (AvgIpc) is 3.12. The second kappa shape index (κ2) is 15.5. The van der Waals surface area contributed by atoms with Crippen molar-refractivity contribution in [2.45, 2.75) is 12.8 Å². The van der Waals surface area contributed by atoms with Crippen LogP contribution >= 0.6 is 0 Å². The first-order valence-corrected chi connectivity index (χ1v) is 15.1. The average molecular weight is 675 g/mol. The summed E-state index contributed by atoms with van der Waals surface area (Å²) in [6.07, 6.45) is 3.11. The number of carbonyl (C=O) groups excluding carboxylic acids is 4. The third-order valence-electron chi connectivity index (χ3n) is 7.37. The zero-order chi connectivity index (χ0) is 35.8. The number of hydrogen-bond donors (Lipinski definition) is 0. The van der Waals surface area contributed by atoms with Gasteiger partial charge in [0.05, 0.1) is 0 Å². The lowest BCUT2D eigenvalue weighted by Gasteiger charge is -2.12. The van der Waals surface area contributed by atoms with Crippen LogP contribution in [0.3, 0.4) is 0 Å². The Labute approximate surface area is 285 Å². The molecule has 5 aromatic rings. The summed E-state index contributed by atoms with van der Waals surface area (Å²) in [5, 5.41) is 1.47. The minimum absolute atomic E-state index is 0.0127. The molecule has 50 heavy (non-hydrogen) atoms. The highest BCUT2D eigenvalue weighted by Gasteiger charge is 2.18. The van der Waals surface area contributed by atoms with Crippen molar-refractivity contribution in [1.82, 2.24) is 0 Å². The first-order valence-electron chi connectivity index (χ1n) is 15.1. The minimum Gasteiger partial charge on any atom is -0.427 e. The van der Waals surface area contributed by atoms with Gasteiger partial charge in [0.2, 0.25) is 0 Å². The highest BCUT2D eigenvalue weighted by molar-refractivity contribution is 5.90. The van der Waals surface area contributed by atoms with E-state index in [1.54, 1.807) is 42.5 Å². The Balaban J connectivity index is 1.24. The molecule has 0 N–H and O–H groups in total. The number of esters is 4. The Hall–Kier alpha value is -6.68. The van der Waals surface area contributed by atoms with Gasteiger partial charge in [0, 0.05) is 35.8 Å². The molecule has 0 atom stereocenters. The van der Waals surface area contributed by atoms with Crippen molar-refractivity contribution in [2.24, 2.45) is 0 Å². The third kappa shape index (κ3) is 8.23. The zero-order valence-electron chi connectivity index (χ0n) is 26.4. The van der Waals surface area contributed by atoms with Crippen LogP contribution in [0.2, 0.25) is 0 Å². The van der Waals surface area contributed by atoms with E-state index >= 15 is 8.78 Å². The molecular formula is C40H28F2O8. The molecule has 0 aliphatic rings. The van der Waals surface area contributed by atoms with Gasteiger partial charge < -0.3 is 18.9 Å². The second-order valence-electron chi connectivity index (χ2n) is 10.7. The van der Waals surface area contributed by atoms with Gasteiger partial charge in [-0.15, -0.1) is 0 Å².